The van der Waals surface area contributed by atoms with Gasteiger partial charge in [-0.2, -0.15) is 4.99 Å². The van der Waals surface area contributed by atoms with E-state index in [9.17, 15) is 9.18 Å². The van der Waals surface area contributed by atoms with Gasteiger partial charge in [0.05, 0.1) is 23.9 Å². The summed E-state index contributed by atoms with van der Waals surface area (Å²) in [6.07, 6.45) is 6.53. The van der Waals surface area contributed by atoms with Crippen LogP contribution < -0.4 is 9.54 Å². The van der Waals surface area contributed by atoms with Crippen molar-refractivity contribution >= 4 is 39.2 Å². The molecule has 3 rings (SSSR count). The number of hydrogen-bond donors (Lipinski definition) is 0. The summed E-state index contributed by atoms with van der Waals surface area (Å²) in [5.74, 6) is 3.70. The number of halogens is 1. The van der Waals surface area contributed by atoms with E-state index < -0.39 is 0 Å². The second kappa shape index (κ2) is 9.58. The van der Waals surface area contributed by atoms with E-state index in [0.717, 1.165) is 26.6 Å². The topological polar surface area (TPSA) is 43.6 Å². The zero-order chi connectivity index (χ0) is 19.9. The van der Waals surface area contributed by atoms with Crippen molar-refractivity contribution in [3.8, 4) is 18.1 Å². The summed E-state index contributed by atoms with van der Waals surface area (Å²) in [6.45, 7) is 0.346. The molecule has 28 heavy (non-hydrogen) atoms. The van der Waals surface area contributed by atoms with Crippen LogP contribution in [-0.4, -0.2) is 23.3 Å². The Morgan fingerprint density at radius 2 is 2.11 bits per heavy atom. The Morgan fingerprint density at radius 3 is 2.82 bits per heavy atom. The number of carbonyl (C=O) groups is 1. The highest BCUT2D eigenvalue weighted by Crippen LogP contribution is 2.23. The minimum absolute atomic E-state index is 0.177. The van der Waals surface area contributed by atoms with Crippen LogP contribution >= 0.6 is 23.1 Å². The minimum atomic E-state index is -0.250. The molecule has 1 heterocycles. The summed E-state index contributed by atoms with van der Waals surface area (Å²) in [5, 5.41) is 0. The van der Waals surface area contributed by atoms with Gasteiger partial charge < -0.3 is 9.30 Å². The van der Waals surface area contributed by atoms with Crippen molar-refractivity contribution in [1.29, 1.82) is 0 Å². The molecule has 0 atom stereocenters. The van der Waals surface area contributed by atoms with Gasteiger partial charge in [-0.25, -0.2) is 4.39 Å². The van der Waals surface area contributed by atoms with E-state index in [1.165, 1.54) is 23.5 Å². The predicted octanol–water partition coefficient (Wildman–Crippen LogP) is 4.48. The van der Waals surface area contributed by atoms with Crippen LogP contribution in [0.15, 0.2) is 52.4 Å². The van der Waals surface area contributed by atoms with Crippen molar-refractivity contribution in [3.63, 3.8) is 0 Å². The number of hydrogen-bond acceptors (Lipinski definition) is 4. The lowest BCUT2D eigenvalue weighted by Gasteiger charge is -2.02. The summed E-state index contributed by atoms with van der Waals surface area (Å²) in [4.78, 5) is 18.2. The number of amides is 1. The van der Waals surface area contributed by atoms with E-state index in [2.05, 4.69) is 10.9 Å². The summed E-state index contributed by atoms with van der Waals surface area (Å²) >= 11 is 3.01. The molecule has 7 heteroatoms. The Balaban J connectivity index is 1.68. The molecule has 2 aromatic carbocycles. The zero-order valence-corrected chi connectivity index (χ0v) is 17.0. The first-order chi connectivity index (χ1) is 13.6. The van der Waals surface area contributed by atoms with Gasteiger partial charge in [0.25, 0.3) is 0 Å². The van der Waals surface area contributed by atoms with Crippen LogP contribution in [0.5, 0.6) is 5.75 Å². The fraction of sp³-hybridized carbons (Fsp3) is 0.238. The maximum Gasteiger partial charge on any atom is 0.248 e. The molecule has 0 N–H and O–H groups in total. The number of methoxy groups -OCH3 is 1. The Morgan fingerprint density at radius 1 is 1.32 bits per heavy atom. The third kappa shape index (κ3) is 5.03. The Labute approximate surface area is 171 Å². The Bertz CT molecular complexity index is 1080. The Hall–Kier alpha value is -2.56. The smallest absolute Gasteiger partial charge is 0.248 e. The molecule has 0 aliphatic heterocycles. The lowest BCUT2D eigenvalue weighted by atomic mass is 10.3. The van der Waals surface area contributed by atoms with Gasteiger partial charge in [-0.1, -0.05) is 17.3 Å². The number of aromatic nitrogens is 1. The fourth-order valence-corrected chi connectivity index (χ4v) is 4.54. The highest BCUT2D eigenvalue weighted by molar-refractivity contribution is 7.99. The first-order valence-electron chi connectivity index (χ1n) is 8.67. The third-order valence-electron chi connectivity index (χ3n) is 3.98. The van der Waals surface area contributed by atoms with Crippen molar-refractivity contribution in [1.82, 2.24) is 4.57 Å². The average molecular weight is 415 g/mol. The Kier molecular flexibility index (Phi) is 6.90. The standard InChI is InChI=1S/C21H19FN2O2S2/c1-3-12-24-18-11-8-16(26-2)14-19(18)28-21(24)23-20(25)5-4-13-27-17-9-6-15(22)7-10-17/h1,6-11,14H,4-5,12-13H2,2H3. The third-order valence-corrected chi connectivity index (χ3v) is 6.12. The highest BCUT2D eigenvalue weighted by Gasteiger charge is 2.08. The normalized spacial score (nSPS) is 11.5. The number of fused-ring (bicyclic) bond motifs is 1. The number of ether oxygens (including phenoxy) is 1. The van der Waals surface area contributed by atoms with Gasteiger partial charge in [0, 0.05) is 11.3 Å². The van der Waals surface area contributed by atoms with Gasteiger partial charge in [0.15, 0.2) is 4.80 Å². The molecule has 3 aromatic rings. The molecule has 1 amide bonds. The van der Waals surface area contributed by atoms with Crippen LogP contribution in [0, 0.1) is 18.2 Å². The molecule has 0 saturated carbocycles. The minimum Gasteiger partial charge on any atom is -0.497 e. The lowest BCUT2D eigenvalue weighted by molar-refractivity contribution is -0.118. The summed E-state index contributed by atoms with van der Waals surface area (Å²) in [6, 6.07) is 12.0. The number of thiazole rings is 1. The van der Waals surface area contributed by atoms with Gasteiger partial charge in [-0.05, 0) is 54.6 Å². The second-order valence-electron chi connectivity index (χ2n) is 5.92. The van der Waals surface area contributed by atoms with Crippen LogP contribution in [0.3, 0.4) is 0 Å². The van der Waals surface area contributed by atoms with Crippen molar-refractivity contribution in [3.05, 3.63) is 53.1 Å². The van der Waals surface area contributed by atoms with Crippen molar-refractivity contribution in [2.24, 2.45) is 4.99 Å². The van der Waals surface area contributed by atoms with E-state index in [-0.39, 0.29) is 11.7 Å². The largest absolute Gasteiger partial charge is 0.497 e. The molecular formula is C21H19FN2O2S2. The number of rotatable bonds is 7. The predicted molar refractivity (Wildman–Crippen MR) is 112 cm³/mol. The molecule has 144 valence electrons. The van der Waals surface area contributed by atoms with Gasteiger partial charge in [-0.15, -0.1) is 18.2 Å². The maximum atomic E-state index is 12.9. The molecule has 0 fully saturated rings. The van der Waals surface area contributed by atoms with E-state index >= 15 is 0 Å². The quantitative estimate of drug-likeness (QED) is 0.325. The van der Waals surface area contributed by atoms with Crippen LogP contribution in [0.2, 0.25) is 0 Å². The number of nitrogens with zero attached hydrogens (tertiary/aromatic N) is 2. The number of terminal acetylenes is 1. The average Bonchev–Trinajstić information content (AvgIpc) is 3.03. The zero-order valence-electron chi connectivity index (χ0n) is 15.4. The molecule has 1 aromatic heterocycles. The molecule has 0 aliphatic carbocycles. The first-order valence-corrected chi connectivity index (χ1v) is 10.5. The van der Waals surface area contributed by atoms with Gasteiger partial charge in [-0.3, -0.25) is 4.79 Å². The molecule has 0 aliphatic rings. The van der Waals surface area contributed by atoms with E-state index in [0.29, 0.717) is 24.2 Å². The molecule has 0 radical (unpaired) electrons. The molecule has 0 spiro atoms. The number of carbonyl (C=O) groups excluding carboxylic acids is 1. The molecule has 0 saturated heterocycles. The molecule has 0 unspecified atom stereocenters. The van der Waals surface area contributed by atoms with E-state index in [4.69, 9.17) is 11.2 Å². The van der Waals surface area contributed by atoms with Gasteiger partial charge >= 0.3 is 0 Å². The van der Waals surface area contributed by atoms with Crippen LogP contribution in [-0.2, 0) is 11.3 Å². The maximum absolute atomic E-state index is 12.9. The molecular weight excluding hydrogens is 395 g/mol. The fourth-order valence-electron chi connectivity index (χ4n) is 2.62. The number of thioether (sulfide) groups is 1. The molecule has 0 bridgehead atoms. The summed E-state index contributed by atoms with van der Waals surface area (Å²) in [5.41, 5.74) is 0.933. The van der Waals surface area contributed by atoms with Crippen LogP contribution in [0.4, 0.5) is 4.39 Å². The summed E-state index contributed by atoms with van der Waals surface area (Å²) in [7, 11) is 1.61. The van der Waals surface area contributed by atoms with Crippen LogP contribution in [0.1, 0.15) is 12.8 Å². The highest BCUT2D eigenvalue weighted by atomic mass is 32.2. The summed E-state index contributed by atoms with van der Waals surface area (Å²) < 4.78 is 21.0. The van der Waals surface area contributed by atoms with Crippen molar-refractivity contribution < 1.29 is 13.9 Å². The molecule has 4 nitrogen and oxygen atoms in total. The SMILES string of the molecule is C#CCn1c(=NC(=O)CCCSc2ccc(F)cc2)sc2cc(OC)ccc21. The van der Waals surface area contributed by atoms with E-state index in [1.54, 1.807) is 31.0 Å². The van der Waals surface area contributed by atoms with Gasteiger partial charge in [0.2, 0.25) is 5.91 Å². The number of benzene rings is 2. The van der Waals surface area contributed by atoms with E-state index in [1.807, 2.05) is 22.8 Å². The first kappa shape index (κ1) is 20.2. The lowest BCUT2D eigenvalue weighted by Crippen LogP contribution is -2.16. The van der Waals surface area contributed by atoms with Gasteiger partial charge in [0.1, 0.15) is 11.6 Å². The van der Waals surface area contributed by atoms with Crippen molar-refractivity contribution in [2.75, 3.05) is 12.9 Å². The second-order valence-corrected chi connectivity index (χ2v) is 8.10. The monoisotopic (exact) mass is 414 g/mol. The van der Waals surface area contributed by atoms with Crippen LogP contribution in [0.25, 0.3) is 10.2 Å². The van der Waals surface area contributed by atoms with Crippen molar-refractivity contribution in [2.45, 2.75) is 24.3 Å².